The number of carbonyl (C=O) groups excluding carboxylic acids is 1. The third-order valence-electron chi connectivity index (χ3n) is 5.31. The zero-order valence-corrected chi connectivity index (χ0v) is 15.9. The van der Waals surface area contributed by atoms with Crippen LogP contribution in [-0.4, -0.2) is 74.3 Å². The van der Waals surface area contributed by atoms with Gasteiger partial charge in [0.15, 0.2) is 5.82 Å². The molecule has 0 N–H and O–H groups in total. The highest BCUT2D eigenvalue weighted by molar-refractivity contribution is 5.77. The molecular formula is C20H25N5O2. The Morgan fingerprint density at radius 3 is 2.56 bits per heavy atom. The van der Waals surface area contributed by atoms with Gasteiger partial charge in [-0.15, -0.1) is 0 Å². The molecule has 1 saturated heterocycles. The van der Waals surface area contributed by atoms with Crippen LogP contribution in [0, 0.1) is 0 Å². The summed E-state index contributed by atoms with van der Waals surface area (Å²) < 4.78 is 4.94. The topological polar surface area (TPSA) is 61.8 Å². The number of ether oxygens (including phenoxy) is 1. The Bertz CT molecular complexity index is 816. The van der Waals surface area contributed by atoms with Crippen LogP contribution < -0.4 is 9.80 Å². The van der Waals surface area contributed by atoms with E-state index in [-0.39, 0.29) is 12.5 Å². The third kappa shape index (κ3) is 3.60. The van der Waals surface area contributed by atoms with Gasteiger partial charge >= 0.3 is 0 Å². The molecule has 27 heavy (non-hydrogen) atoms. The third-order valence-corrected chi connectivity index (χ3v) is 5.31. The fourth-order valence-electron chi connectivity index (χ4n) is 3.69. The highest BCUT2D eigenvalue weighted by Crippen LogP contribution is 2.27. The van der Waals surface area contributed by atoms with Crippen LogP contribution in [0.3, 0.4) is 0 Å². The van der Waals surface area contributed by atoms with Crippen molar-refractivity contribution in [2.24, 2.45) is 0 Å². The second-order valence-corrected chi connectivity index (χ2v) is 7.06. The average molecular weight is 367 g/mol. The molecule has 2 aliphatic rings. The van der Waals surface area contributed by atoms with E-state index in [2.05, 4.69) is 46.1 Å². The number of methoxy groups -OCH3 is 1. The van der Waals surface area contributed by atoms with Crippen molar-refractivity contribution in [1.29, 1.82) is 0 Å². The van der Waals surface area contributed by atoms with Crippen molar-refractivity contribution in [2.45, 2.75) is 6.42 Å². The fraction of sp³-hybridized carbons (Fsp3) is 0.450. The summed E-state index contributed by atoms with van der Waals surface area (Å²) in [5.41, 5.74) is 3.41. The zero-order chi connectivity index (χ0) is 18.8. The quantitative estimate of drug-likeness (QED) is 0.815. The van der Waals surface area contributed by atoms with Crippen LogP contribution >= 0.6 is 0 Å². The van der Waals surface area contributed by atoms with Crippen LogP contribution in [0.5, 0.6) is 0 Å². The van der Waals surface area contributed by atoms with Crippen LogP contribution in [-0.2, 0) is 16.0 Å². The summed E-state index contributed by atoms with van der Waals surface area (Å²) in [6.45, 7) is 4.27. The second kappa shape index (κ2) is 7.52. The molecular weight excluding hydrogens is 342 g/mol. The van der Waals surface area contributed by atoms with Crippen molar-refractivity contribution in [3.05, 3.63) is 36.0 Å². The van der Waals surface area contributed by atoms with Gasteiger partial charge in [0.25, 0.3) is 0 Å². The maximum atomic E-state index is 11.9. The van der Waals surface area contributed by atoms with Crippen molar-refractivity contribution in [2.75, 3.05) is 63.3 Å². The fourth-order valence-corrected chi connectivity index (χ4v) is 3.69. The molecule has 4 rings (SSSR count). The summed E-state index contributed by atoms with van der Waals surface area (Å²) in [5.74, 6) is 1.87. The van der Waals surface area contributed by atoms with Crippen molar-refractivity contribution in [3.8, 4) is 11.4 Å². The monoisotopic (exact) mass is 367 g/mol. The number of anilines is 2. The Hall–Kier alpha value is -2.67. The van der Waals surface area contributed by atoms with E-state index in [1.807, 2.05) is 11.1 Å². The minimum absolute atomic E-state index is 0.0613. The minimum atomic E-state index is 0.0613. The minimum Gasteiger partial charge on any atom is -0.375 e. The van der Waals surface area contributed by atoms with E-state index in [4.69, 9.17) is 9.72 Å². The predicted molar refractivity (Wildman–Crippen MR) is 105 cm³/mol. The molecule has 2 aliphatic heterocycles. The first kappa shape index (κ1) is 17.7. The number of fused-ring (bicyclic) bond motifs is 1. The second-order valence-electron chi connectivity index (χ2n) is 7.06. The van der Waals surface area contributed by atoms with Gasteiger partial charge in [-0.25, -0.2) is 9.97 Å². The molecule has 1 aromatic carbocycles. The normalized spacial score (nSPS) is 16.6. The Morgan fingerprint density at radius 2 is 1.85 bits per heavy atom. The Labute approximate surface area is 159 Å². The smallest absolute Gasteiger partial charge is 0.248 e. The molecule has 1 fully saturated rings. The number of aromatic nitrogens is 2. The lowest BCUT2D eigenvalue weighted by molar-refractivity contribution is -0.135. The first-order valence-electron chi connectivity index (χ1n) is 9.35. The molecule has 0 atom stereocenters. The highest BCUT2D eigenvalue weighted by Gasteiger charge is 2.22. The molecule has 0 radical (unpaired) electrons. The molecule has 2 aromatic rings. The van der Waals surface area contributed by atoms with Gasteiger partial charge in [-0.1, -0.05) is 0 Å². The lowest BCUT2D eigenvalue weighted by Crippen LogP contribution is -2.49. The molecule has 0 saturated carbocycles. The first-order valence-corrected chi connectivity index (χ1v) is 9.35. The van der Waals surface area contributed by atoms with E-state index in [0.29, 0.717) is 0 Å². The van der Waals surface area contributed by atoms with Gasteiger partial charge in [0.2, 0.25) is 5.91 Å². The summed E-state index contributed by atoms with van der Waals surface area (Å²) in [6.07, 6.45) is 2.97. The van der Waals surface area contributed by atoms with Gasteiger partial charge in [-0.3, -0.25) is 4.79 Å². The molecule has 1 aromatic heterocycles. The molecule has 7 nitrogen and oxygen atoms in total. The number of hydrogen-bond donors (Lipinski definition) is 0. The molecule has 0 aliphatic carbocycles. The molecule has 0 spiro atoms. The van der Waals surface area contributed by atoms with Crippen molar-refractivity contribution in [1.82, 2.24) is 14.9 Å². The zero-order valence-electron chi connectivity index (χ0n) is 15.9. The van der Waals surface area contributed by atoms with Gasteiger partial charge < -0.3 is 19.4 Å². The van der Waals surface area contributed by atoms with Gasteiger partial charge in [0.05, 0.1) is 0 Å². The predicted octanol–water partition coefficient (Wildman–Crippen LogP) is 1.43. The highest BCUT2D eigenvalue weighted by atomic mass is 16.5. The molecule has 142 valence electrons. The number of rotatable bonds is 4. The summed E-state index contributed by atoms with van der Waals surface area (Å²) >= 11 is 0. The first-order chi connectivity index (χ1) is 13.2. The molecule has 3 heterocycles. The van der Waals surface area contributed by atoms with Crippen LogP contribution in [0.1, 0.15) is 5.56 Å². The van der Waals surface area contributed by atoms with Crippen LogP contribution in [0.2, 0.25) is 0 Å². The van der Waals surface area contributed by atoms with Crippen molar-refractivity contribution in [3.63, 3.8) is 0 Å². The summed E-state index contributed by atoms with van der Waals surface area (Å²) in [6, 6.07) is 8.38. The number of amides is 1. The standard InChI is InChI=1S/C20H25N5O2/c1-23-8-7-16-13-21-19(22-20(16)23)15-3-5-17(6-4-15)24-9-11-25(12-10-24)18(26)14-27-2/h3-6,13H,7-12,14H2,1-2H3. The number of nitrogens with zero attached hydrogens (tertiary/aromatic N) is 5. The molecule has 7 heteroatoms. The summed E-state index contributed by atoms with van der Waals surface area (Å²) in [4.78, 5) is 27.5. The number of benzene rings is 1. The Morgan fingerprint density at radius 1 is 1.11 bits per heavy atom. The van der Waals surface area contributed by atoms with E-state index < -0.39 is 0 Å². The van der Waals surface area contributed by atoms with Gasteiger partial charge in [0.1, 0.15) is 12.4 Å². The van der Waals surface area contributed by atoms with Crippen LogP contribution in [0.25, 0.3) is 11.4 Å². The van der Waals surface area contributed by atoms with Crippen LogP contribution in [0.4, 0.5) is 11.5 Å². The van der Waals surface area contributed by atoms with E-state index in [9.17, 15) is 4.79 Å². The molecule has 0 bridgehead atoms. The largest absolute Gasteiger partial charge is 0.375 e. The molecule has 0 unspecified atom stereocenters. The number of piperazine rings is 1. The van der Waals surface area contributed by atoms with Crippen molar-refractivity contribution < 1.29 is 9.53 Å². The summed E-state index contributed by atoms with van der Waals surface area (Å²) in [7, 11) is 3.63. The van der Waals surface area contributed by atoms with E-state index in [1.54, 1.807) is 7.11 Å². The molecule has 1 amide bonds. The Kier molecular flexibility index (Phi) is 4.94. The lowest BCUT2D eigenvalue weighted by atomic mass is 10.1. The van der Waals surface area contributed by atoms with E-state index in [0.717, 1.165) is 62.0 Å². The van der Waals surface area contributed by atoms with E-state index >= 15 is 0 Å². The summed E-state index contributed by atoms with van der Waals surface area (Å²) in [5, 5.41) is 0. The average Bonchev–Trinajstić information content (AvgIpc) is 3.09. The van der Waals surface area contributed by atoms with Gasteiger partial charge in [0, 0.05) is 69.9 Å². The lowest BCUT2D eigenvalue weighted by Gasteiger charge is -2.36. The maximum Gasteiger partial charge on any atom is 0.248 e. The van der Waals surface area contributed by atoms with E-state index in [1.165, 1.54) is 5.56 Å². The maximum absolute atomic E-state index is 11.9. The number of hydrogen-bond acceptors (Lipinski definition) is 6. The number of likely N-dealkylation sites (N-methyl/N-ethyl adjacent to an activating group) is 1. The SMILES string of the molecule is COCC(=O)N1CCN(c2ccc(-c3ncc4c(n3)N(C)CC4)cc2)CC1. The van der Waals surface area contributed by atoms with Gasteiger partial charge in [-0.2, -0.15) is 0 Å². The number of carbonyl (C=O) groups is 1. The van der Waals surface area contributed by atoms with Crippen molar-refractivity contribution >= 4 is 17.4 Å². The Balaban J connectivity index is 1.43. The van der Waals surface area contributed by atoms with Gasteiger partial charge in [-0.05, 0) is 30.7 Å². The van der Waals surface area contributed by atoms with Crippen LogP contribution in [0.15, 0.2) is 30.5 Å².